The average Bonchev–Trinajstić information content (AvgIpc) is 2.54. The van der Waals surface area contributed by atoms with Crippen molar-refractivity contribution >= 4 is 0 Å². The van der Waals surface area contributed by atoms with Crippen LogP contribution in [0.2, 0.25) is 0 Å². The second kappa shape index (κ2) is 3.16. The molecule has 6 heteroatoms. The largest absolute Gasteiger partial charge is 0.367 e. The van der Waals surface area contributed by atoms with Crippen LogP contribution in [-0.4, -0.2) is 39.9 Å². The van der Waals surface area contributed by atoms with Crippen molar-refractivity contribution in [1.82, 2.24) is 25.5 Å². The molecular formula is C6H11N5O. The molecule has 1 aromatic rings. The Hall–Kier alpha value is -1.01. The molecule has 1 saturated heterocycles. The fourth-order valence-corrected chi connectivity index (χ4v) is 1.16. The van der Waals surface area contributed by atoms with Crippen LogP contribution in [-0.2, 0) is 11.8 Å². The van der Waals surface area contributed by atoms with E-state index in [9.17, 15) is 0 Å². The Bertz CT molecular complexity index is 254. The van der Waals surface area contributed by atoms with Gasteiger partial charge in [-0.15, -0.1) is 10.2 Å². The van der Waals surface area contributed by atoms with Gasteiger partial charge in [-0.25, -0.2) is 0 Å². The van der Waals surface area contributed by atoms with E-state index in [1.807, 2.05) is 0 Å². The number of tetrazole rings is 1. The van der Waals surface area contributed by atoms with Gasteiger partial charge in [-0.05, 0) is 5.21 Å². The normalized spacial score (nSPS) is 24.2. The summed E-state index contributed by atoms with van der Waals surface area (Å²) in [4.78, 5) is 1.44. The van der Waals surface area contributed by atoms with Gasteiger partial charge in [0, 0.05) is 13.1 Å². The maximum absolute atomic E-state index is 5.44. The molecule has 0 spiro atoms. The number of rotatable bonds is 1. The molecule has 1 aliphatic rings. The van der Waals surface area contributed by atoms with Gasteiger partial charge in [0.25, 0.3) is 0 Å². The van der Waals surface area contributed by atoms with Gasteiger partial charge in [0.2, 0.25) is 5.82 Å². The van der Waals surface area contributed by atoms with Gasteiger partial charge in [-0.2, -0.15) is 4.80 Å². The molecule has 1 atom stereocenters. The van der Waals surface area contributed by atoms with E-state index in [0.29, 0.717) is 12.4 Å². The summed E-state index contributed by atoms with van der Waals surface area (Å²) in [6.07, 6.45) is -0.0348. The fraction of sp³-hybridized carbons (Fsp3) is 0.833. The molecule has 2 rings (SSSR count). The van der Waals surface area contributed by atoms with E-state index in [-0.39, 0.29) is 6.10 Å². The summed E-state index contributed by atoms with van der Waals surface area (Å²) in [7, 11) is 1.74. The van der Waals surface area contributed by atoms with Crippen LogP contribution in [0.3, 0.4) is 0 Å². The maximum atomic E-state index is 5.44. The van der Waals surface area contributed by atoms with Crippen molar-refractivity contribution in [2.45, 2.75) is 6.10 Å². The lowest BCUT2D eigenvalue weighted by Crippen LogP contribution is -2.33. The highest BCUT2D eigenvalue weighted by atomic mass is 16.5. The minimum absolute atomic E-state index is 0.0348. The number of aromatic nitrogens is 4. The lowest BCUT2D eigenvalue weighted by Gasteiger charge is -2.20. The Morgan fingerprint density at radius 1 is 1.67 bits per heavy atom. The SMILES string of the molecule is Cn1nnc(C2CNCCO2)n1. The first-order valence-electron chi connectivity index (χ1n) is 3.92. The monoisotopic (exact) mass is 169 g/mol. The summed E-state index contributed by atoms with van der Waals surface area (Å²) in [6.45, 7) is 2.38. The molecule has 2 heterocycles. The van der Waals surface area contributed by atoms with E-state index in [4.69, 9.17) is 4.74 Å². The summed E-state index contributed by atoms with van der Waals surface area (Å²) in [6, 6.07) is 0. The van der Waals surface area contributed by atoms with Gasteiger partial charge in [0.15, 0.2) is 0 Å². The molecule has 12 heavy (non-hydrogen) atoms. The zero-order chi connectivity index (χ0) is 8.39. The molecule has 1 N–H and O–H groups in total. The van der Waals surface area contributed by atoms with E-state index < -0.39 is 0 Å². The first-order chi connectivity index (χ1) is 5.86. The number of nitrogens with zero attached hydrogens (tertiary/aromatic N) is 4. The minimum Gasteiger partial charge on any atom is -0.367 e. The highest BCUT2D eigenvalue weighted by Gasteiger charge is 2.19. The molecule has 0 aromatic carbocycles. The molecule has 1 aromatic heterocycles. The topological polar surface area (TPSA) is 64.9 Å². The second-order valence-electron chi connectivity index (χ2n) is 2.70. The summed E-state index contributed by atoms with van der Waals surface area (Å²) >= 11 is 0. The van der Waals surface area contributed by atoms with Crippen LogP contribution in [0.25, 0.3) is 0 Å². The van der Waals surface area contributed by atoms with Crippen LogP contribution in [0.5, 0.6) is 0 Å². The molecule has 1 aliphatic heterocycles. The second-order valence-corrected chi connectivity index (χ2v) is 2.70. The molecule has 66 valence electrons. The van der Waals surface area contributed by atoms with Crippen LogP contribution in [0.4, 0.5) is 0 Å². The number of nitrogens with one attached hydrogen (secondary N) is 1. The minimum atomic E-state index is -0.0348. The molecule has 0 aliphatic carbocycles. The van der Waals surface area contributed by atoms with E-state index in [1.54, 1.807) is 7.05 Å². The van der Waals surface area contributed by atoms with E-state index >= 15 is 0 Å². The first-order valence-corrected chi connectivity index (χ1v) is 3.92. The lowest BCUT2D eigenvalue weighted by molar-refractivity contribution is 0.0220. The van der Waals surface area contributed by atoms with Gasteiger partial charge in [-0.3, -0.25) is 0 Å². The van der Waals surface area contributed by atoms with E-state index in [0.717, 1.165) is 13.1 Å². The summed E-state index contributed by atoms with van der Waals surface area (Å²) in [5, 5.41) is 14.9. The highest BCUT2D eigenvalue weighted by molar-refractivity contribution is 4.87. The molecular weight excluding hydrogens is 158 g/mol. The Morgan fingerprint density at radius 2 is 2.58 bits per heavy atom. The van der Waals surface area contributed by atoms with Gasteiger partial charge >= 0.3 is 0 Å². The summed E-state index contributed by atoms with van der Waals surface area (Å²) < 4.78 is 5.44. The van der Waals surface area contributed by atoms with Crippen molar-refractivity contribution in [2.75, 3.05) is 19.7 Å². The molecule has 0 amide bonds. The number of hydrogen-bond acceptors (Lipinski definition) is 5. The Labute approximate surface area is 69.9 Å². The zero-order valence-corrected chi connectivity index (χ0v) is 6.90. The van der Waals surface area contributed by atoms with Gasteiger partial charge < -0.3 is 10.1 Å². The van der Waals surface area contributed by atoms with Crippen LogP contribution in [0.15, 0.2) is 0 Å². The predicted molar refractivity (Wildman–Crippen MR) is 40.4 cm³/mol. The zero-order valence-electron chi connectivity index (χ0n) is 6.90. The van der Waals surface area contributed by atoms with Crippen molar-refractivity contribution in [1.29, 1.82) is 0 Å². The lowest BCUT2D eigenvalue weighted by atomic mass is 10.3. The third kappa shape index (κ3) is 1.44. The Morgan fingerprint density at radius 3 is 3.17 bits per heavy atom. The Kier molecular flexibility index (Phi) is 2.01. The quantitative estimate of drug-likeness (QED) is 0.576. The van der Waals surface area contributed by atoms with Crippen LogP contribution in [0, 0.1) is 0 Å². The molecule has 1 unspecified atom stereocenters. The van der Waals surface area contributed by atoms with Crippen LogP contribution in [0.1, 0.15) is 11.9 Å². The van der Waals surface area contributed by atoms with Crippen molar-refractivity contribution < 1.29 is 4.74 Å². The van der Waals surface area contributed by atoms with Gasteiger partial charge in [0.05, 0.1) is 13.7 Å². The average molecular weight is 169 g/mol. The van der Waals surface area contributed by atoms with Crippen molar-refractivity contribution in [2.24, 2.45) is 7.05 Å². The molecule has 0 bridgehead atoms. The summed E-state index contributed by atoms with van der Waals surface area (Å²) in [5.41, 5.74) is 0. The maximum Gasteiger partial charge on any atom is 0.204 e. The van der Waals surface area contributed by atoms with Gasteiger partial charge in [-0.1, -0.05) is 0 Å². The fourth-order valence-electron chi connectivity index (χ4n) is 1.16. The van der Waals surface area contributed by atoms with Crippen molar-refractivity contribution in [3.63, 3.8) is 0 Å². The van der Waals surface area contributed by atoms with E-state index in [1.165, 1.54) is 4.80 Å². The highest BCUT2D eigenvalue weighted by Crippen LogP contribution is 2.12. The smallest absolute Gasteiger partial charge is 0.204 e. The first kappa shape index (κ1) is 7.63. The number of hydrogen-bond donors (Lipinski definition) is 1. The standard InChI is InChI=1S/C6H11N5O/c1-11-9-6(8-10-11)5-4-7-2-3-12-5/h5,7H,2-4H2,1H3. The van der Waals surface area contributed by atoms with Crippen LogP contribution < -0.4 is 5.32 Å². The third-order valence-electron chi connectivity index (χ3n) is 1.74. The molecule has 1 fully saturated rings. The Balaban J connectivity index is 2.08. The van der Waals surface area contributed by atoms with Gasteiger partial charge in [0.1, 0.15) is 6.10 Å². The molecule has 0 saturated carbocycles. The number of morpholine rings is 1. The van der Waals surface area contributed by atoms with Crippen molar-refractivity contribution in [3.8, 4) is 0 Å². The van der Waals surface area contributed by atoms with Crippen molar-refractivity contribution in [3.05, 3.63) is 5.82 Å². The van der Waals surface area contributed by atoms with E-state index in [2.05, 4.69) is 20.7 Å². The number of aryl methyl sites for hydroxylation is 1. The third-order valence-corrected chi connectivity index (χ3v) is 1.74. The number of ether oxygens (including phenoxy) is 1. The molecule has 6 nitrogen and oxygen atoms in total. The predicted octanol–water partition coefficient (Wildman–Crippen LogP) is -1.13. The van der Waals surface area contributed by atoms with Crippen LogP contribution >= 0.6 is 0 Å². The summed E-state index contributed by atoms with van der Waals surface area (Å²) in [5.74, 6) is 0.657. The molecule has 0 radical (unpaired) electrons.